The van der Waals surface area contributed by atoms with Gasteiger partial charge < -0.3 is 4.74 Å². The van der Waals surface area contributed by atoms with Crippen LogP contribution in [0.15, 0.2) is 53.6 Å². The van der Waals surface area contributed by atoms with Gasteiger partial charge in [-0.2, -0.15) is 0 Å². The third-order valence-electron chi connectivity index (χ3n) is 5.79. The molecule has 0 aromatic carbocycles. The minimum atomic E-state index is -0.186. The van der Waals surface area contributed by atoms with Gasteiger partial charge in [-0.25, -0.2) is 9.97 Å². The second-order valence-corrected chi connectivity index (χ2v) is 9.85. The number of hydrogen-bond donors (Lipinski definition) is 0. The summed E-state index contributed by atoms with van der Waals surface area (Å²) in [6.45, 7) is 14.1. The Morgan fingerprint density at radius 2 is 1.74 bits per heavy atom. The molecule has 7 heteroatoms. The van der Waals surface area contributed by atoms with E-state index in [0.29, 0.717) is 23.6 Å². The highest BCUT2D eigenvalue weighted by Crippen LogP contribution is 2.26. The summed E-state index contributed by atoms with van der Waals surface area (Å²) in [7, 11) is 0. The van der Waals surface area contributed by atoms with E-state index < -0.39 is 0 Å². The lowest BCUT2D eigenvalue weighted by molar-refractivity contribution is 0.297. The highest BCUT2D eigenvalue weighted by Gasteiger charge is 2.20. The minimum Gasteiger partial charge on any atom is -0.487 e. The molecule has 0 amide bonds. The second kappa shape index (κ2) is 9.41. The van der Waals surface area contributed by atoms with Crippen LogP contribution in [0.25, 0.3) is 17.1 Å². The summed E-state index contributed by atoms with van der Waals surface area (Å²) >= 11 is 0. The summed E-state index contributed by atoms with van der Waals surface area (Å²) in [5, 5.41) is 0. The van der Waals surface area contributed by atoms with Gasteiger partial charge in [-0.3, -0.25) is 19.3 Å². The first-order chi connectivity index (χ1) is 16.5. The first-order valence-corrected chi connectivity index (χ1v) is 11.6. The molecule has 4 rings (SSSR count). The van der Waals surface area contributed by atoms with Crippen LogP contribution in [0.1, 0.15) is 54.8 Å². The molecule has 4 aromatic rings. The highest BCUT2D eigenvalue weighted by atomic mass is 16.5. The lowest BCUT2D eigenvalue weighted by Crippen LogP contribution is -2.23. The van der Waals surface area contributed by atoms with Gasteiger partial charge in [0.2, 0.25) is 0 Å². The monoisotopic (exact) mass is 469 g/mol. The van der Waals surface area contributed by atoms with Crippen molar-refractivity contribution >= 4 is 0 Å². The summed E-state index contributed by atoms with van der Waals surface area (Å²) in [5.74, 6) is 1.31. The predicted octanol–water partition coefficient (Wildman–Crippen LogP) is 5.19. The van der Waals surface area contributed by atoms with E-state index in [-0.39, 0.29) is 11.0 Å². The van der Waals surface area contributed by atoms with Gasteiger partial charge >= 0.3 is 0 Å². The van der Waals surface area contributed by atoms with Gasteiger partial charge in [-0.05, 0) is 57.5 Å². The predicted molar refractivity (Wildman–Crippen MR) is 137 cm³/mol. The Labute approximate surface area is 205 Å². The van der Waals surface area contributed by atoms with Gasteiger partial charge in [0.25, 0.3) is 5.56 Å². The molecule has 0 fully saturated rings. The molecular weight excluding hydrogens is 438 g/mol. The number of hydrogen-bond acceptors (Lipinski definition) is 6. The van der Waals surface area contributed by atoms with Crippen molar-refractivity contribution in [2.45, 2.75) is 60.5 Å². The van der Waals surface area contributed by atoms with Crippen molar-refractivity contribution in [1.29, 1.82) is 0 Å². The van der Waals surface area contributed by atoms with E-state index >= 15 is 0 Å². The van der Waals surface area contributed by atoms with Crippen molar-refractivity contribution in [2.75, 3.05) is 0 Å². The number of ether oxygens (including phenoxy) is 1. The van der Waals surface area contributed by atoms with Gasteiger partial charge in [0.05, 0.1) is 28.3 Å². The zero-order valence-corrected chi connectivity index (χ0v) is 21.4. The van der Waals surface area contributed by atoms with Crippen LogP contribution in [0.2, 0.25) is 0 Å². The quantitative estimate of drug-likeness (QED) is 0.400. The molecule has 0 saturated heterocycles. The molecule has 180 valence electrons. The molecule has 0 bridgehead atoms. The molecular formula is C28H31N5O2. The Kier molecular flexibility index (Phi) is 6.52. The van der Waals surface area contributed by atoms with Crippen LogP contribution in [0.5, 0.6) is 5.75 Å². The molecule has 35 heavy (non-hydrogen) atoms. The molecule has 0 aliphatic carbocycles. The maximum Gasteiger partial charge on any atom is 0.261 e. The van der Waals surface area contributed by atoms with Crippen molar-refractivity contribution in [2.24, 2.45) is 0 Å². The lowest BCUT2D eigenvalue weighted by Gasteiger charge is -2.18. The van der Waals surface area contributed by atoms with E-state index in [9.17, 15) is 4.79 Å². The van der Waals surface area contributed by atoms with Gasteiger partial charge in [-0.15, -0.1) is 0 Å². The fraction of sp³-hybridized carbons (Fsp3) is 0.321. The highest BCUT2D eigenvalue weighted by molar-refractivity contribution is 5.61. The van der Waals surface area contributed by atoms with E-state index in [0.717, 1.165) is 39.9 Å². The molecule has 0 unspecified atom stereocenters. The zero-order valence-electron chi connectivity index (χ0n) is 21.4. The van der Waals surface area contributed by atoms with E-state index in [4.69, 9.17) is 9.72 Å². The molecule has 0 aliphatic heterocycles. The van der Waals surface area contributed by atoms with Crippen molar-refractivity contribution < 1.29 is 4.74 Å². The Hall–Kier alpha value is -3.87. The number of aryl methyl sites for hydroxylation is 3. The van der Waals surface area contributed by atoms with E-state index in [1.54, 1.807) is 17.7 Å². The van der Waals surface area contributed by atoms with E-state index in [1.807, 2.05) is 63.4 Å². The van der Waals surface area contributed by atoms with Crippen LogP contribution in [0, 0.1) is 27.7 Å². The summed E-state index contributed by atoms with van der Waals surface area (Å²) in [6, 6.07) is 11.4. The third kappa shape index (κ3) is 5.14. The maximum atomic E-state index is 13.4. The van der Waals surface area contributed by atoms with Crippen LogP contribution in [-0.2, 0) is 12.0 Å². The number of aromatic nitrogens is 5. The summed E-state index contributed by atoms with van der Waals surface area (Å²) in [4.78, 5) is 31.7. The average molecular weight is 470 g/mol. The zero-order chi connectivity index (χ0) is 25.3. The average Bonchev–Trinajstić information content (AvgIpc) is 2.80. The number of nitrogens with zero attached hydrogens (tertiary/aromatic N) is 5. The molecule has 0 saturated carbocycles. The number of pyridine rings is 3. The van der Waals surface area contributed by atoms with E-state index in [1.165, 1.54) is 0 Å². The normalized spacial score (nSPS) is 11.5. The third-order valence-corrected chi connectivity index (χ3v) is 5.79. The standard InChI is InChI=1S/C28H31N5O2/c1-17-15-30-27(28(5,6)7)32-25(17)23-14-22(11-12-29-23)33-19(3)13-24(20(4)26(33)34)35-16-21-10-8-9-18(2)31-21/h8-15H,16H2,1-7H3. The summed E-state index contributed by atoms with van der Waals surface area (Å²) in [5.41, 5.74) is 5.84. The van der Waals surface area contributed by atoms with Crippen molar-refractivity contribution in [3.8, 4) is 22.8 Å². The van der Waals surface area contributed by atoms with Gasteiger partial charge in [0, 0.05) is 35.3 Å². The molecule has 0 radical (unpaired) electrons. The van der Waals surface area contributed by atoms with E-state index in [2.05, 4.69) is 35.7 Å². The topological polar surface area (TPSA) is 82.8 Å². The SMILES string of the molecule is Cc1cccc(COc2cc(C)n(-c3ccnc(-c4nc(C(C)(C)C)ncc4C)c3)c(=O)c2C)n1. The Morgan fingerprint density at radius 1 is 0.971 bits per heavy atom. The first-order valence-electron chi connectivity index (χ1n) is 11.6. The molecule has 7 nitrogen and oxygen atoms in total. The second-order valence-electron chi connectivity index (χ2n) is 9.85. The van der Waals surface area contributed by atoms with Crippen molar-refractivity contribution in [1.82, 2.24) is 24.5 Å². The van der Waals surface area contributed by atoms with Gasteiger partial charge in [0.15, 0.2) is 0 Å². The Morgan fingerprint density at radius 3 is 2.46 bits per heavy atom. The Balaban J connectivity index is 1.71. The molecule has 4 heterocycles. The number of rotatable bonds is 5. The molecule has 0 spiro atoms. The minimum absolute atomic E-state index is 0.135. The molecule has 0 atom stereocenters. The van der Waals surface area contributed by atoms with Gasteiger partial charge in [0.1, 0.15) is 18.2 Å². The fourth-order valence-corrected chi connectivity index (χ4v) is 3.85. The fourth-order valence-electron chi connectivity index (χ4n) is 3.85. The lowest BCUT2D eigenvalue weighted by atomic mass is 9.95. The largest absolute Gasteiger partial charge is 0.487 e. The van der Waals surface area contributed by atoms with Crippen molar-refractivity contribution in [3.63, 3.8) is 0 Å². The summed E-state index contributed by atoms with van der Waals surface area (Å²) in [6.07, 6.45) is 3.53. The maximum absolute atomic E-state index is 13.4. The van der Waals surface area contributed by atoms with Crippen LogP contribution in [0.3, 0.4) is 0 Å². The van der Waals surface area contributed by atoms with Crippen LogP contribution < -0.4 is 10.3 Å². The summed E-state index contributed by atoms with van der Waals surface area (Å²) < 4.78 is 7.66. The van der Waals surface area contributed by atoms with Gasteiger partial charge in [-0.1, -0.05) is 26.8 Å². The van der Waals surface area contributed by atoms with Crippen LogP contribution in [-0.4, -0.2) is 24.5 Å². The molecule has 0 N–H and O–H groups in total. The van der Waals surface area contributed by atoms with Crippen LogP contribution in [0.4, 0.5) is 0 Å². The molecule has 0 aliphatic rings. The Bertz CT molecular complexity index is 1450. The van der Waals surface area contributed by atoms with Crippen molar-refractivity contribution in [3.05, 3.63) is 93.2 Å². The smallest absolute Gasteiger partial charge is 0.261 e. The van der Waals surface area contributed by atoms with Crippen LogP contribution >= 0.6 is 0 Å². The first kappa shape index (κ1) is 24.3. The molecule has 4 aromatic heterocycles.